The van der Waals surface area contributed by atoms with Crippen molar-refractivity contribution in [3.63, 3.8) is 0 Å². The summed E-state index contributed by atoms with van der Waals surface area (Å²) in [5.41, 5.74) is 7.59. The maximum Gasteiger partial charge on any atom is 0.220 e. The summed E-state index contributed by atoms with van der Waals surface area (Å²) in [4.78, 5) is 20.6. The molecular weight excluding hydrogens is 408 g/mol. The molecule has 3 aromatic heterocycles. The Morgan fingerprint density at radius 3 is 2.84 bits per heavy atom. The third-order valence-electron chi connectivity index (χ3n) is 5.89. The number of primary amides is 1. The third kappa shape index (κ3) is 4.29. The average Bonchev–Trinajstić information content (AvgIpc) is 3.55. The van der Waals surface area contributed by atoms with Gasteiger partial charge in [-0.05, 0) is 55.5 Å². The van der Waals surface area contributed by atoms with Crippen LogP contribution in [0.4, 0.5) is 0 Å². The molecule has 0 spiro atoms. The van der Waals surface area contributed by atoms with Crippen molar-refractivity contribution in [2.75, 3.05) is 6.61 Å². The van der Waals surface area contributed by atoms with Crippen LogP contribution in [-0.4, -0.2) is 47.3 Å². The second-order valence-corrected chi connectivity index (χ2v) is 8.09. The number of carbonyl (C=O) groups excluding carboxylic acids is 1. The first kappa shape index (κ1) is 20.1. The highest BCUT2D eigenvalue weighted by Gasteiger charge is 2.29. The van der Waals surface area contributed by atoms with Crippen molar-refractivity contribution in [2.45, 2.75) is 32.2 Å². The number of rotatable bonds is 8. The molecular formula is C22H24N8O2. The van der Waals surface area contributed by atoms with Crippen LogP contribution >= 0.6 is 0 Å². The SMILES string of the molecule is NC(=O)[C@@H]1CC[C@@H](Cc2ncc3nnn(-c4ccc(OCCn5cccn5)cc4)c3n2)C1. The van der Waals surface area contributed by atoms with E-state index >= 15 is 0 Å². The Hall–Kier alpha value is -3.82. The standard InChI is InChI=1S/C22H24N8O2/c23-21(31)16-3-2-15(12-16)13-20-24-14-19-22(26-20)30(28-27-19)17-4-6-18(7-5-17)32-11-10-29-9-1-8-25-29/h1,4-9,14-16H,2-3,10-13H2,(H2,23,31)/t15-,16-/m1/s1. The molecule has 0 saturated heterocycles. The number of carbonyl (C=O) groups is 1. The Labute approximate surface area is 184 Å². The van der Waals surface area contributed by atoms with Gasteiger partial charge < -0.3 is 10.5 Å². The van der Waals surface area contributed by atoms with Gasteiger partial charge in [0, 0.05) is 24.7 Å². The van der Waals surface area contributed by atoms with Crippen molar-refractivity contribution in [2.24, 2.45) is 17.6 Å². The van der Waals surface area contributed by atoms with E-state index in [4.69, 9.17) is 15.5 Å². The van der Waals surface area contributed by atoms with E-state index in [1.165, 1.54) is 0 Å². The van der Waals surface area contributed by atoms with Crippen molar-refractivity contribution >= 4 is 17.1 Å². The van der Waals surface area contributed by atoms with Crippen molar-refractivity contribution in [3.8, 4) is 11.4 Å². The van der Waals surface area contributed by atoms with E-state index in [-0.39, 0.29) is 11.8 Å². The van der Waals surface area contributed by atoms with Crippen LogP contribution < -0.4 is 10.5 Å². The van der Waals surface area contributed by atoms with Crippen molar-refractivity contribution in [3.05, 3.63) is 54.7 Å². The molecule has 0 radical (unpaired) electrons. The summed E-state index contributed by atoms with van der Waals surface area (Å²) in [6.07, 6.45) is 8.68. The highest BCUT2D eigenvalue weighted by atomic mass is 16.5. The van der Waals surface area contributed by atoms with Gasteiger partial charge in [-0.1, -0.05) is 5.21 Å². The number of nitrogens with zero attached hydrogens (tertiary/aromatic N) is 7. The van der Waals surface area contributed by atoms with Crippen LogP contribution in [0.1, 0.15) is 25.1 Å². The van der Waals surface area contributed by atoms with Gasteiger partial charge in [0.25, 0.3) is 0 Å². The summed E-state index contributed by atoms with van der Waals surface area (Å²) < 4.78 is 9.32. The molecule has 1 fully saturated rings. The predicted molar refractivity (Wildman–Crippen MR) is 116 cm³/mol. The van der Waals surface area contributed by atoms with Gasteiger partial charge in [0.1, 0.15) is 18.2 Å². The number of nitrogens with two attached hydrogens (primary N) is 1. The fourth-order valence-corrected chi connectivity index (χ4v) is 4.19. The van der Waals surface area contributed by atoms with Gasteiger partial charge in [0.2, 0.25) is 5.91 Å². The van der Waals surface area contributed by atoms with Gasteiger partial charge in [-0.15, -0.1) is 5.10 Å². The molecule has 10 nitrogen and oxygen atoms in total. The lowest BCUT2D eigenvalue weighted by Crippen LogP contribution is -2.21. The van der Waals surface area contributed by atoms with Crippen molar-refractivity contribution < 1.29 is 9.53 Å². The molecule has 0 aliphatic heterocycles. The highest BCUT2D eigenvalue weighted by Crippen LogP contribution is 2.32. The molecule has 10 heteroatoms. The lowest BCUT2D eigenvalue weighted by Gasteiger charge is -2.09. The van der Waals surface area contributed by atoms with Crippen LogP contribution in [0.15, 0.2) is 48.9 Å². The number of ether oxygens (including phenoxy) is 1. The number of amides is 1. The molecule has 1 aliphatic rings. The smallest absolute Gasteiger partial charge is 0.220 e. The molecule has 0 unspecified atom stereocenters. The number of hydrogen-bond donors (Lipinski definition) is 1. The maximum absolute atomic E-state index is 11.4. The zero-order valence-electron chi connectivity index (χ0n) is 17.5. The van der Waals surface area contributed by atoms with Crippen LogP contribution in [0.25, 0.3) is 16.9 Å². The Kier molecular flexibility index (Phi) is 5.49. The fourth-order valence-electron chi connectivity index (χ4n) is 4.19. The first-order chi connectivity index (χ1) is 15.7. The van der Waals surface area contributed by atoms with Gasteiger partial charge in [-0.2, -0.15) is 9.78 Å². The Balaban J connectivity index is 1.27. The molecule has 164 valence electrons. The Bertz CT molecular complexity index is 1200. The lowest BCUT2D eigenvalue weighted by atomic mass is 10.0. The Morgan fingerprint density at radius 2 is 2.09 bits per heavy atom. The summed E-state index contributed by atoms with van der Waals surface area (Å²) in [7, 11) is 0. The van der Waals surface area contributed by atoms with Crippen molar-refractivity contribution in [1.29, 1.82) is 0 Å². The van der Waals surface area contributed by atoms with E-state index in [1.54, 1.807) is 17.1 Å². The van der Waals surface area contributed by atoms with E-state index in [0.717, 1.165) is 36.5 Å². The highest BCUT2D eigenvalue weighted by molar-refractivity contribution is 5.76. The van der Waals surface area contributed by atoms with Gasteiger partial charge in [-0.3, -0.25) is 9.48 Å². The summed E-state index contributed by atoms with van der Waals surface area (Å²) in [6, 6.07) is 9.53. The molecule has 1 aliphatic carbocycles. The van der Waals surface area contributed by atoms with E-state index < -0.39 is 0 Å². The number of aromatic nitrogens is 7. The minimum absolute atomic E-state index is 0.0313. The lowest BCUT2D eigenvalue weighted by molar-refractivity contribution is -0.121. The maximum atomic E-state index is 11.4. The molecule has 4 aromatic rings. The molecule has 32 heavy (non-hydrogen) atoms. The second-order valence-electron chi connectivity index (χ2n) is 8.09. The fraction of sp³-hybridized carbons (Fsp3) is 0.364. The third-order valence-corrected chi connectivity index (χ3v) is 5.89. The van der Waals surface area contributed by atoms with Gasteiger partial charge in [-0.25, -0.2) is 9.97 Å². The zero-order chi connectivity index (χ0) is 21.9. The molecule has 5 rings (SSSR count). The van der Waals surface area contributed by atoms with Crippen LogP contribution in [0.5, 0.6) is 5.75 Å². The van der Waals surface area contributed by atoms with Crippen LogP contribution in [0, 0.1) is 11.8 Å². The van der Waals surface area contributed by atoms with Crippen LogP contribution in [-0.2, 0) is 17.8 Å². The molecule has 2 N–H and O–H groups in total. The van der Waals surface area contributed by atoms with Gasteiger partial charge in [0.05, 0.1) is 18.4 Å². The van der Waals surface area contributed by atoms with Gasteiger partial charge in [0.15, 0.2) is 11.2 Å². The normalized spacial score (nSPS) is 18.2. The van der Waals surface area contributed by atoms with E-state index in [0.29, 0.717) is 36.7 Å². The van der Waals surface area contributed by atoms with Gasteiger partial charge >= 0.3 is 0 Å². The monoisotopic (exact) mass is 432 g/mol. The van der Waals surface area contributed by atoms with Crippen molar-refractivity contribution in [1.82, 2.24) is 34.7 Å². The molecule has 0 bridgehead atoms. The number of hydrogen-bond acceptors (Lipinski definition) is 7. The first-order valence-electron chi connectivity index (χ1n) is 10.7. The molecule has 1 saturated carbocycles. The first-order valence-corrected chi connectivity index (χ1v) is 10.7. The Morgan fingerprint density at radius 1 is 1.22 bits per heavy atom. The van der Waals surface area contributed by atoms with Crippen LogP contribution in [0.2, 0.25) is 0 Å². The summed E-state index contributed by atoms with van der Waals surface area (Å²) in [6.45, 7) is 1.21. The minimum Gasteiger partial charge on any atom is -0.492 e. The molecule has 1 amide bonds. The number of fused-ring (bicyclic) bond motifs is 1. The molecule has 1 aromatic carbocycles. The van der Waals surface area contributed by atoms with E-state index in [9.17, 15) is 4.79 Å². The summed E-state index contributed by atoms with van der Waals surface area (Å²) in [5, 5.41) is 12.6. The van der Waals surface area contributed by atoms with E-state index in [1.807, 2.05) is 41.2 Å². The van der Waals surface area contributed by atoms with E-state index in [2.05, 4.69) is 20.4 Å². The minimum atomic E-state index is -0.208. The average molecular weight is 432 g/mol. The quantitative estimate of drug-likeness (QED) is 0.451. The molecule has 3 heterocycles. The summed E-state index contributed by atoms with van der Waals surface area (Å²) >= 11 is 0. The van der Waals surface area contributed by atoms with Crippen LogP contribution in [0.3, 0.4) is 0 Å². The summed E-state index contributed by atoms with van der Waals surface area (Å²) in [5.74, 6) is 1.63. The predicted octanol–water partition coefficient (Wildman–Crippen LogP) is 1.93. The number of benzene rings is 1. The largest absolute Gasteiger partial charge is 0.492 e. The molecule has 2 atom stereocenters. The second kappa shape index (κ2) is 8.74. The zero-order valence-corrected chi connectivity index (χ0v) is 17.5. The topological polar surface area (TPSA) is 127 Å².